The molecule has 1 heterocycles. The van der Waals surface area contributed by atoms with Gasteiger partial charge in [0, 0.05) is 16.8 Å². The Labute approximate surface area is 109 Å². The van der Waals surface area contributed by atoms with E-state index in [9.17, 15) is 4.79 Å². The van der Waals surface area contributed by atoms with Gasteiger partial charge in [0.05, 0.1) is 0 Å². The van der Waals surface area contributed by atoms with Crippen molar-refractivity contribution in [1.82, 2.24) is 4.98 Å². The van der Waals surface area contributed by atoms with Gasteiger partial charge < -0.3 is 10.8 Å². The number of nitrogens with zero attached hydrogens (tertiary/aromatic N) is 1. The zero-order valence-electron chi connectivity index (χ0n) is 9.64. The third-order valence-electron chi connectivity index (χ3n) is 2.64. The highest BCUT2D eigenvalue weighted by molar-refractivity contribution is 6.31. The zero-order valence-corrected chi connectivity index (χ0v) is 10.4. The third kappa shape index (κ3) is 2.28. The fourth-order valence-corrected chi connectivity index (χ4v) is 1.75. The second kappa shape index (κ2) is 4.66. The molecule has 0 spiro atoms. The molecule has 92 valence electrons. The molecule has 0 aliphatic carbocycles. The first-order valence-electron chi connectivity index (χ1n) is 5.24. The maximum Gasteiger partial charge on any atom is 0.339 e. The van der Waals surface area contributed by atoms with Gasteiger partial charge in [0.25, 0.3) is 0 Å². The minimum absolute atomic E-state index is 0.0000954. The average Bonchev–Trinajstić information content (AvgIpc) is 2.33. The van der Waals surface area contributed by atoms with Gasteiger partial charge in [-0.25, -0.2) is 9.78 Å². The summed E-state index contributed by atoms with van der Waals surface area (Å²) in [6.45, 7) is 1.88. The average molecular weight is 263 g/mol. The number of carbonyl (C=O) groups is 1. The predicted molar refractivity (Wildman–Crippen MR) is 70.8 cm³/mol. The van der Waals surface area contributed by atoms with Crippen molar-refractivity contribution in [2.75, 3.05) is 5.73 Å². The summed E-state index contributed by atoms with van der Waals surface area (Å²) in [5.41, 5.74) is 7.98. The quantitative estimate of drug-likeness (QED) is 0.872. The number of aromatic carboxylic acids is 1. The van der Waals surface area contributed by atoms with Crippen LogP contribution in [-0.4, -0.2) is 16.1 Å². The van der Waals surface area contributed by atoms with E-state index in [1.54, 1.807) is 12.3 Å². The van der Waals surface area contributed by atoms with Crippen LogP contribution in [0.5, 0.6) is 0 Å². The Bertz CT molecular complexity index is 626. The second-order valence-electron chi connectivity index (χ2n) is 3.93. The number of nitrogen functional groups attached to an aromatic ring is 1. The lowest BCUT2D eigenvalue weighted by molar-refractivity contribution is 0.0698. The van der Waals surface area contributed by atoms with Gasteiger partial charge in [0.1, 0.15) is 11.4 Å². The standard InChI is InChI=1S/C13H11ClN2O2/c1-7-4-8(2-3-11(7)14)9-5-10(13(17)18)12(15)16-6-9/h2-6H,1H3,(H2,15,16)(H,17,18). The molecular formula is C13H11ClN2O2. The van der Waals surface area contributed by atoms with Crippen LogP contribution in [0.1, 0.15) is 15.9 Å². The predicted octanol–water partition coefficient (Wildman–Crippen LogP) is 2.99. The summed E-state index contributed by atoms with van der Waals surface area (Å²) >= 11 is 5.95. The molecule has 0 fully saturated rings. The Morgan fingerprint density at radius 3 is 2.67 bits per heavy atom. The van der Waals surface area contributed by atoms with Crippen LogP contribution >= 0.6 is 11.6 Å². The van der Waals surface area contributed by atoms with Gasteiger partial charge in [-0.3, -0.25) is 0 Å². The highest BCUT2D eigenvalue weighted by Gasteiger charge is 2.11. The Morgan fingerprint density at radius 2 is 2.06 bits per heavy atom. The summed E-state index contributed by atoms with van der Waals surface area (Å²) in [4.78, 5) is 14.9. The number of rotatable bonds is 2. The number of pyridine rings is 1. The first kappa shape index (κ1) is 12.4. The number of nitrogens with two attached hydrogens (primary N) is 1. The van der Waals surface area contributed by atoms with E-state index in [0.29, 0.717) is 10.6 Å². The van der Waals surface area contributed by atoms with Crippen molar-refractivity contribution in [3.8, 4) is 11.1 Å². The number of anilines is 1. The Balaban J connectivity index is 2.54. The van der Waals surface area contributed by atoms with Crippen molar-refractivity contribution in [3.05, 3.63) is 46.6 Å². The van der Waals surface area contributed by atoms with Gasteiger partial charge in [0.15, 0.2) is 0 Å². The lowest BCUT2D eigenvalue weighted by atomic mass is 10.0. The number of hydrogen-bond donors (Lipinski definition) is 2. The van der Waals surface area contributed by atoms with Crippen LogP contribution in [-0.2, 0) is 0 Å². The molecule has 3 N–H and O–H groups in total. The summed E-state index contributed by atoms with van der Waals surface area (Å²) in [6.07, 6.45) is 1.55. The normalized spacial score (nSPS) is 10.3. The lowest BCUT2D eigenvalue weighted by Gasteiger charge is -2.06. The van der Waals surface area contributed by atoms with E-state index in [-0.39, 0.29) is 11.4 Å². The molecule has 0 saturated heterocycles. The van der Waals surface area contributed by atoms with Gasteiger partial charge in [0.2, 0.25) is 0 Å². The third-order valence-corrected chi connectivity index (χ3v) is 3.06. The molecule has 1 aromatic carbocycles. The van der Waals surface area contributed by atoms with Gasteiger partial charge >= 0.3 is 5.97 Å². The smallest absolute Gasteiger partial charge is 0.339 e. The molecule has 0 bridgehead atoms. The number of hydrogen-bond acceptors (Lipinski definition) is 3. The monoisotopic (exact) mass is 262 g/mol. The van der Waals surface area contributed by atoms with E-state index in [0.717, 1.165) is 11.1 Å². The molecule has 18 heavy (non-hydrogen) atoms. The van der Waals surface area contributed by atoms with E-state index in [1.165, 1.54) is 6.07 Å². The van der Waals surface area contributed by atoms with Crippen molar-refractivity contribution in [2.45, 2.75) is 6.92 Å². The zero-order chi connectivity index (χ0) is 13.3. The molecule has 1 aromatic heterocycles. The van der Waals surface area contributed by atoms with Gasteiger partial charge in [-0.2, -0.15) is 0 Å². The van der Waals surface area contributed by atoms with Crippen molar-refractivity contribution in [3.63, 3.8) is 0 Å². The van der Waals surface area contributed by atoms with Crippen LogP contribution in [0.15, 0.2) is 30.5 Å². The van der Waals surface area contributed by atoms with E-state index < -0.39 is 5.97 Å². The van der Waals surface area contributed by atoms with Crippen molar-refractivity contribution in [1.29, 1.82) is 0 Å². The van der Waals surface area contributed by atoms with Crippen LogP contribution in [0.25, 0.3) is 11.1 Å². The Morgan fingerprint density at radius 1 is 1.33 bits per heavy atom. The lowest BCUT2D eigenvalue weighted by Crippen LogP contribution is -2.04. The topological polar surface area (TPSA) is 76.2 Å². The summed E-state index contributed by atoms with van der Waals surface area (Å²) < 4.78 is 0. The maximum atomic E-state index is 11.0. The Kier molecular flexibility index (Phi) is 3.21. The molecule has 2 rings (SSSR count). The number of carboxylic acids is 1. The number of aromatic nitrogens is 1. The fourth-order valence-electron chi connectivity index (χ4n) is 1.63. The summed E-state index contributed by atoms with van der Waals surface area (Å²) in [5.74, 6) is -1.08. The minimum atomic E-state index is -1.09. The van der Waals surface area contributed by atoms with Crippen LogP contribution in [0, 0.1) is 6.92 Å². The summed E-state index contributed by atoms with van der Waals surface area (Å²) in [7, 11) is 0. The van der Waals surface area contributed by atoms with E-state index in [1.807, 2.05) is 19.1 Å². The van der Waals surface area contributed by atoms with Crippen LogP contribution in [0.4, 0.5) is 5.82 Å². The molecule has 2 aromatic rings. The van der Waals surface area contributed by atoms with Gasteiger partial charge in [-0.1, -0.05) is 17.7 Å². The molecule has 0 unspecified atom stereocenters. The SMILES string of the molecule is Cc1cc(-c2cnc(N)c(C(=O)O)c2)ccc1Cl. The number of halogens is 1. The van der Waals surface area contributed by atoms with Crippen molar-refractivity contribution >= 4 is 23.4 Å². The number of carboxylic acid groups (broad SMARTS) is 1. The molecular weight excluding hydrogens is 252 g/mol. The molecule has 0 aliphatic heterocycles. The molecule has 0 atom stereocenters. The maximum absolute atomic E-state index is 11.0. The molecule has 0 aliphatic rings. The van der Waals surface area contributed by atoms with Crippen LogP contribution < -0.4 is 5.73 Å². The highest BCUT2D eigenvalue weighted by Crippen LogP contribution is 2.26. The van der Waals surface area contributed by atoms with Crippen LogP contribution in [0.3, 0.4) is 0 Å². The highest BCUT2D eigenvalue weighted by atomic mass is 35.5. The minimum Gasteiger partial charge on any atom is -0.478 e. The van der Waals surface area contributed by atoms with Crippen molar-refractivity contribution in [2.24, 2.45) is 0 Å². The molecule has 5 heteroatoms. The first-order chi connectivity index (χ1) is 8.49. The number of benzene rings is 1. The molecule has 0 radical (unpaired) electrons. The van der Waals surface area contributed by atoms with E-state index in [4.69, 9.17) is 22.4 Å². The summed E-state index contributed by atoms with van der Waals surface area (Å²) in [5, 5.41) is 9.66. The van der Waals surface area contributed by atoms with Crippen LogP contribution in [0.2, 0.25) is 5.02 Å². The largest absolute Gasteiger partial charge is 0.478 e. The van der Waals surface area contributed by atoms with Gasteiger partial charge in [-0.05, 0) is 36.2 Å². The molecule has 0 amide bonds. The first-order valence-corrected chi connectivity index (χ1v) is 5.62. The Hall–Kier alpha value is -2.07. The van der Waals surface area contributed by atoms with E-state index in [2.05, 4.69) is 4.98 Å². The number of aryl methyl sites for hydroxylation is 1. The molecule has 0 saturated carbocycles. The van der Waals surface area contributed by atoms with Crippen molar-refractivity contribution < 1.29 is 9.90 Å². The fraction of sp³-hybridized carbons (Fsp3) is 0.0769. The second-order valence-corrected chi connectivity index (χ2v) is 4.33. The summed E-state index contributed by atoms with van der Waals surface area (Å²) in [6, 6.07) is 6.96. The van der Waals surface area contributed by atoms with E-state index >= 15 is 0 Å². The van der Waals surface area contributed by atoms with Gasteiger partial charge in [-0.15, -0.1) is 0 Å². The molecule has 4 nitrogen and oxygen atoms in total.